The van der Waals surface area contributed by atoms with E-state index in [4.69, 9.17) is 0 Å². The summed E-state index contributed by atoms with van der Waals surface area (Å²) >= 11 is 0. The van der Waals surface area contributed by atoms with E-state index in [1.165, 1.54) is 7.11 Å². The third-order valence-corrected chi connectivity index (χ3v) is 1.52. The lowest BCUT2D eigenvalue weighted by Crippen LogP contribution is -2.09. The number of Topliss-reactive ketones (excluding diaryl/α,β-unsaturated/α-hetero) is 2. The van der Waals surface area contributed by atoms with E-state index in [1.54, 1.807) is 0 Å². The Balaban J connectivity index is 3.40. The fourth-order valence-corrected chi connectivity index (χ4v) is 0.916. The average molecular weight is 172 g/mol. The zero-order valence-electron chi connectivity index (χ0n) is 7.76. The van der Waals surface area contributed by atoms with Gasteiger partial charge in [-0.05, 0) is 6.42 Å². The van der Waals surface area contributed by atoms with Crippen LogP contribution in [0.4, 0.5) is 0 Å². The lowest BCUT2D eigenvalue weighted by Gasteiger charge is -1.98. The molecule has 0 spiro atoms. The minimum absolute atomic E-state index is 0.00181. The Bertz CT molecular complexity index is 134. The number of methoxy groups -OCH3 is 1. The Morgan fingerprint density at radius 1 is 1.08 bits per heavy atom. The quantitative estimate of drug-likeness (QED) is 0.582. The SMILES string of the molecule is CCCC(=O)CCC(=O)COC. The molecule has 0 fully saturated rings. The van der Waals surface area contributed by atoms with Crippen molar-refractivity contribution < 1.29 is 14.3 Å². The minimum atomic E-state index is 0.00181. The Hall–Kier alpha value is -0.700. The molecule has 0 saturated heterocycles. The summed E-state index contributed by atoms with van der Waals surface area (Å²) in [7, 11) is 1.48. The van der Waals surface area contributed by atoms with Crippen molar-refractivity contribution in [2.45, 2.75) is 32.6 Å². The summed E-state index contributed by atoms with van der Waals surface area (Å²) in [6.45, 7) is 2.08. The van der Waals surface area contributed by atoms with E-state index < -0.39 is 0 Å². The van der Waals surface area contributed by atoms with Crippen LogP contribution in [0.5, 0.6) is 0 Å². The number of carbonyl (C=O) groups is 2. The first kappa shape index (κ1) is 11.3. The van der Waals surface area contributed by atoms with Crippen molar-refractivity contribution in [3.63, 3.8) is 0 Å². The van der Waals surface area contributed by atoms with Gasteiger partial charge in [-0.25, -0.2) is 0 Å². The molecule has 0 N–H and O–H groups in total. The molecule has 0 aliphatic heterocycles. The summed E-state index contributed by atoms with van der Waals surface area (Å²) in [4.78, 5) is 21.8. The first-order valence-corrected chi connectivity index (χ1v) is 4.23. The lowest BCUT2D eigenvalue weighted by atomic mass is 10.1. The van der Waals surface area contributed by atoms with Crippen LogP contribution >= 0.6 is 0 Å². The van der Waals surface area contributed by atoms with Crippen LogP contribution in [0, 0.1) is 0 Å². The van der Waals surface area contributed by atoms with E-state index in [0.717, 1.165) is 6.42 Å². The van der Waals surface area contributed by atoms with Crippen LogP contribution in [0.25, 0.3) is 0 Å². The molecule has 0 aromatic heterocycles. The van der Waals surface area contributed by atoms with E-state index in [2.05, 4.69) is 4.74 Å². The number of ketones is 2. The van der Waals surface area contributed by atoms with Crippen LogP contribution in [-0.2, 0) is 14.3 Å². The summed E-state index contributed by atoms with van der Waals surface area (Å²) in [6, 6.07) is 0. The van der Waals surface area contributed by atoms with E-state index >= 15 is 0 Å². The molecular formula is C9H16O3. The second-order valence-electron chi connectivity index (χ2n) is 2.76. The molecule has 3 nitrogen and oxygen atoms in total. The maximum absolute atomic E-state index is 11.0. The smallest absolute Gasteiger partial charge is 0.158 e. The van der Waals surface area contributed by atoms with Crippen molar-refractivity contribution in [3.05, 3.63) is 0 Å². The van der Waals surface area contributed by atoms with Crippen molar-refractivity contribution in [2.75, 3.05) is 13.7 Å². The highest BCUT2D eigenvalue weighted by atomic mass is 16.5. The van der Waals surface area contributed by atoms with Crippen LogP contribution in [0.1, 0.15) is 32.6 Å². The van der Waals surface area contributed by atoms with Gasteiger partial charge in [-0.2, -0.15) is 0 Å². The van der Waals surface area contributed by atoms with Gasteiger partial charge in [0.2, 0.25) is 0 Å². The molecule has 0 radical (unpaired) electrons. The van der Waals surface area contributed by atoms with E-state index in [1.807, 2.05) is 6.92 Å². The number of hydrogen-bond acceptors (Lipinski definition) is 3. The molecule has 0 bridgehead atoms. The van der Waals surface area contributed by atoms with Gasteiger partial charge in [-0.3, -0.25) is 9.59 Å². The maximum Gasteiger partial charge on any atom is 0.158 e. The van der Waals surface area contributed by atoms with Crippen molar-refractivity contribution in [1.29, 1.82) is 0 Å². The molecule has 0 rings (SSSR count). The Morgan fingerprint density at radius 3 is 2.17 bits per heavy atom. The number of carbonyl (C=O) groups excluding carboxylic acids is 2. The Morgan fingerprint density at radius 2 is 1.67 bits per heavy atom. The van der Waals surface area contributed by atoms with Gasteiger partial charge in [0.25, 0.3) is 0 Å². The molecule has 0 aromatic carbocycles. The predicted molar refractivity (Wildman–Crippen MR) is 46.0 cm³/mol. The van der Waals surface area contributed by atoms with Crippen LogP contribution in [0.2, 0.25) is 0 Å². The summed E-state index contributed by atoms with van der Waals surface area (Å²) in [5.41, 5.74) is 0. The summed E-state index contributed by atoms with van der Waals surface area (Å²) in [5, 5.41) is 0. The number of ether oxygens (including phenoxy) is 1. The van der Waals surface area contributed by atoms with Gasteiger partial charge in [-0.1, -0.05) is 6.92 Å². The highest BCUT2D eigenvalue weighted by Gasteiger charge is 2.05. The number of hydrogen-bond donors (Lipinski definition) is 0. The monoisotopic (exact) mass is 172 g/mol. The van der Waals surface area contributed by atoms with Crippen LogP contribution in [0.3, 0.4) is 0 Å². The van der Waals surface area contributed by atoms with E-state index in [0.29, 0.717) is 19.3 Å². The second kappa shape index (κ2) is 6.98. The molecule has 0 atom stereocenters. The predicted octanol–water partition coefficient (Wildman–Crippen LogP) is 1.35. The van der Waals surface area contributed by atoms with Gasteiger partial charge in [0.15, 0.2) is 5.78 Å². The second-order valence-corrected chi connectivity index (χ2v) is 2.76. The molecule has 0 heterocycles. The molecule has 0 amide bonds. The van der Waals surface area contributed by atoms with E-state index in [9.17, 15) is 9.59 Å². The van der Waals surface area contributed by atoms with Crippen molar-refractivity contribution in [3.8, 4) is 0 Å². The maximum atomic E-state index is 11.0. The molecule has 0 saturated carbocycles. The first-order valence-electron chi connectivity index (χ1n) is 4.23. The third kappa shape index (κ3) is 6.04. The Labute approximate surface area is 73.1 Å². The lowest BCUT2D eigenvalue weighted by molar-refractivity contribution is -0.126. The molecule has 0 unspecified atom stereocenters. The van der Waals surface area contributed by atoms with Crippen LogP contribution in [0.15, 0.2) is 0 Å². The molecule has 12 heavy (non-hydrogen) atoms. The average Bonchev–Trinajstić information content (AvgIpc) is 2.02. The normalized spacial score (nSPS) is 9.83. The topological polar surface area (TPSA) is 43.4 Å². The highest BCUT2D eigenvalue weighted by Crippen LogP contribution is 1.98. The third-order valence-electron chi connectivity index (χ3n) is 1.52. The van der Waals surface area contributed by atoms with Gasteiger partial charge >= 0.3 is 0 Å². The zero-order valence-corrected chi connectivity index (χ0v) is 7.76. The molecule has 0 aliphatic carbocycles. The standard InChI is InChI=1S/C9H16O3/c1-3-4-8(10)5-6-9(11)7-12-2/h3-7H2,1-2H3. The molecule has 3 heteroatoms. The minimum Gasteiger partial charge on any atom is -0.377 e. The van der Waals surface area contributed by atoms with Gasteiger partial charge in [-0.15, -0.1) is 0 Å². The summed E-state index contributed by atoms with van der Waals surface area (Å²) < 4.78 is 4.64. The first-order chi connectivity index (χ1) is 5.70. The van der Waals surface area contributed by atoms with Crippen LogP contribution < -0.4 is 0 Å². The molecule has 70 valence electrons. The van der Waals surface area contributed by atoms with Crippen LogP contribution in [-0.4, -0.2) is 25.3 Å². The van der Waals surface area contributed by atoms with Crippen molar-refractivity contribution in [2.24, 2.45) is 0 Å². The van der Waals surface area contributed by atoms with E-state index in [-0.39, 0.29) is 18.2 Å². The highest BCUT2D eigenvalue weighted by molar-refractivity contribution is 5.86. The Kier molecular flexibility index (Phi) is 6.57. The van der Waals surface area contributed by atoms with Gasteiger partial charge in [0.05, 0.1) is 0 Å². The van der Waals surface area contributed by atoms with Gasteiger partial charge in [0.1, 0.15) is 12.4 Å². The fourth-order valence-electron chi connectivity index (χ4n) is 0.916. The van der Waals surface area contributed by atoms with Gasteiger partial charge in [0, 0.05) is 26.4 Å². The molecule has 0 aromatic rings. The fraction of sp³-hybridized carbons (Fsp3) is 0.778. The molecular weight excluding hydrogens is 156 g/mol. The summed E-state index contributed by atoms with van der Waals surface area (Å²) in [5.74, 6) is 0.170. The van der Waals surface area contributed by atoms with Gasteiger partial charge < -0.3 is 4.74 Å². The summed E-state index contributed by atoms with van der Waals surface area (Å²) in [6.07, 6.45) is 2.14. The largest absolute Gasteiger partial charge is 0.377 e. The van der Waals surface area contributed by atoms with Crippen molar-refractivity contribution >= 4 is 11.6 Å². The zero-order chi connectivity index (χ0) is 9.40. The number of rotatable bonds is 7. The van der Waals surface area contributed by atoms with Crippen molar-refractivity contribution in [1.82, 2.24) is 0 Å². The molecule has 0 aliphatic rings.